The summed E-state index contributed by atoms with van der Waals surface area (Å²) in [5.74, 6) is 0.486. The van der Waals surface area contributed by atoms with Crippen molar-refractivity contribution in [2.24, 2.45) is 4.99 Å². The average molecular weight is 414 g/mol. The first-order valence-electron chi connectivity index (χ1n) is 10.4. The normalized spacial score (nSPS) is 16.8. The molecule has 3 aromatic rings. The van der Waals surface area contributed by atoms with Crippen LogP contribution >= 0.6 is 0 Å². The molecule has 156 valence electrons. The highest BCUT2D eigenvalue weighted by atomic mass is 16.5. The summed E-state index contributed by atoms with van der Waals surface area (Å²) in [7, 11) is 0. The van der Waals surface area contributed by atoms with E-state index in [2.05, 4.69) is 10.3 Å². The van der Waals surface area contributed by atoms with E-state index in [4.69, 9.17) is 9.73 Å². The Balaban J connectivity index is 1.33. The number of ether oxygens (including phenoxy) is 1. The van der Waals surface area contributed by atoms with Crippen molar-refractivity contribution < 1.29 is 14.3 Å². The highest BCUT2D eigenvalue weighted by Crippen LogP contribution is 2.42. The summed E-state index contributed by atoms with van der Waals surface area (Å²) < 4.78 is 5.29. The van der Waals surface area contributed by atoms with Crippen LogP contribution in [0.1, 0.15) is 24.8 Å². The number of fused-ring (bicyclic) bond motifs is 1. The van der Waals surface area contributed by atoms with Crippen molar-refractivity contribution in [1.82, 2.24) is 10.3 Å². The van der Waals surface area contributed by atoms with Crippen molar-refractivity contribution in [3.63, 3.8) is 0 Å². The van der Waals surface area contributed by atoms with Crippen molar-refractivity contribution in [2.45, 2.75) is 31.4 Å². The molecule has 0 bridgehead atoms. The second kappa shape index (κ2) is 7.83. The van der Waals surface area contributed by atoms with E-state index < -0.39 is 11.6 Å². The molecule has 7 nitrogen and oxygen atoms in total. The van der Waals surface area contributed by atoms with Crippen LogP contribution in [0.15, 0.2) is 71.9 Å². The third-order valence-corrected chi connectivity index (χ3v) is 5.83. The predicted octanol–water partition coefficient (Wildman–Crippen LogP) is 3.83. The number of aromatic nitrogens is 1. The molecule has 1 spiro atoms. The SMILES string of the molecule is O=C(NCC1=NC2(CCC2)C(=O)N1c1ccc2cccnc2c1)OCc1ccccc1. The van der Waals surface area contributed by atoms with Gasteiger partial charge in [-0.15, -0.1) is 0 Å². The maximum Gasteiger partial charge on any atom is 0.407 e. The van der Waals surface area contributed by atoms with E-state index in [-0.39, 0.29) is 19.1 Å². The number of benzene rings is 2. The number of amides is 2. The van der Waals surface area contributed by atoms with E-state index in [1.54, 1.807) is 11.1 Å². The lowest BCUT2D eigenvalue weighted by Gasteiger charge is -2.33. The summed E-state index contributed by atoms with van der Waals surface area (Å²) in [5, 5.41) is 3.73. The Bertz CT molecular complexity index is 1170. The number of carbonyl (C=O) groups is 2. The summed E-state index contributed by atoms with van der Waals surface area (Å²) in [6, 6.07) is 19.0. The second-order valence-electron chi connectivity index (χ2n) is 7.85. The molecule has 1 N–H and O–H groups in total. The van der Waals surface area contributed by atoms with E-state index in [9.17, 15) is 9.59 Å². The third-order valence-electron chi connectivity index (χ3n) is 5.83. The van der Waals surface area contributed by atoms with Gasteiger partial charge in [-0.1, -0.05) is 42.5 Å². The number of pyridine rings is 1. The number of hydrogen-bond acceptors (Lipinski definition) is 5. The van der Waals surface area contributed by atoms with Crippen molar-refractivity contribution in [1.29, 1.82) is 0 Å². The molecule has 1 fully saturated rings. The van der Waals surface area contributed by atoms with Crippen LogP contribution in [0.5, 0.6) is 0 Å². The zero-order valence-corrected chi connectivity index (χ0v) is 17.0. The monoisotopic (exact) mass is 414 g/mol. The average Bonchev–Trinajstić information content (AvgIpc) is 3.09. The minimum absolute atomic E-state index is 0.0384. The number of aliphatic imine (C=N–C) groups is 1. The minimum atomic E-state index is -0.690. The fourth-order valence-electron chi connectivity index (χ4n) is 4.01. The molecule has 1 aliphatic carbocycles. The highest BCUT2D eigenvalue weighted by molar-refractivity contribution is 6.25. The number of carbonyl (C=O) groups excluding carboxylic acids is 2. The Morgan fingerprint density at radius 2 is 1.94 bits per heavy atom. The lowest BCUT2D eigenvalue weighted by Crippen LogP contribution is -2.48. The summed E-state index contributed by atoms with van der Waals surface area (Å²) in [6.45, 7) is 0.295. The Labute approximate surface area is 179 Å². The Kier molecular flexibility index (Phi) is 4.86. The molecule has 1 aliphatic heterocycles. The number of anilines is 1. The molecular formula is C24H22N4O3. The number of rotatable bonds is 5. The molecule has 1 saturated carbocycles. The van der Waals surface area contributed by atoms with Gasteiger partial charge in [0, 0.05) is 11.6 Å². The van der Waals surface area contributed by atoms with Gasteiger partial charge in [-0.3, -0.25) is 19.7 Å². The lowest BCUT2D eigenvalue weighted by atomic mass is 9.77. The Hall–Kier alpha value is -3.74. The van der Waals surface area contributed by atoms with Gasteiger partial charge in [0.2, 0.25) is 0 Å². The van der Waals surface area contributed by atoms with Gasteiger partial charge in [0.15, 0.2) is 0 Å². The summed E-state index contributed by atoms with van der Waals surface area (Å²) in [5.41, 5.74) is 1.73. The van der Waals surface area contributed by atoms with Gasteiger partial charge in [-0.2, -0.15) is 0 Å². The van der Waals surface area contributed by atoms with Gasteiger partial charge in [-0.25, -0.2) is 4.79 Å². The zero-order valence-electron chi connectivity index (χ0n) is 17.0. The Morgan fingerprint density at radius 1 is 1.10 bits per heavy atom. The largest absolute Gasteiger partial charge is 0.445 e. The number of amidine groups is 1. The van der Waals surface area contributed by atoms with E-state index in [0.29, 0.717) is 11.5 Å². The predicted molar refractivity (Wildman–Crippen MR) is 118 cm³/mol. The molecule has 31 heavy (non-hydrogen) atoms. The molecular weight excluding hydrogens is 392 g/mol. The van der Waals surface area contributed by atoms with E-state index in [1.807, 2.05) is 60.7 Å². The molecule has 2 aromatic carbocycles. The molecule has 2 heterocycles. The van der Waals surface area contributed by atoms with Gasteiger partial charge >= 0.3 is 6.09 Å². The van der Waals surface area contributed by atoms with Crippen LogP contribution in [0.4, 0.5) is 10.5 Å². The summed E-state index contributed by atoms with van der Waals surface area (Å²) in [6.07, 6.45) is 3.62. The van der Waals surface area contributed by atoms with Gasteiger partial charge in [-0.05, 0) is 43.0 Å². The molecule has 2 amide bonds. The fourth-order valence-corrected chi connectivity index (χ4v) is 4.01. The standard InChI is InChI=1S/C24H22N4O3/c29-22-24(11-5-12-24)27-21(15-26-23(30)31-16-17-6-2-1-3-7-17)28(22)19-10-9-18-8-4-13-25-20(18)14-19/h1-4,6-10,13-14H,5,11-12,15-16H2,(H,26,30). The van der Waals surface area contributed by atoms with Gasteiger partial charge < -0.3 is 10.1 Å². The molecule has 0 unspecified atom stereocenters. The van der Waals surface area contributed by atoms with Crippen LogP contribution < -0.4 is 10.2 Å². The van der Waals surface area contributed by atoms with E-state index in [0.717, 1.165) is 35.7 Å². The first-order valence-corrected chi connectivity index (χ1v) is 10.4. The molecule has 1 aromatic heterocycles. The van der Waals surface area contributed by atoms with Gasteiger partial charge in [0.25, 0.3) is 5.91 Å². The van der Waals surface area contributed by atoms with Crippen molar-refractivity contribution in [2.75, 3.05) is 11.4 Å². The maximum absolute atomic E-state index is 13.3. The third kappa shape index (κ3) is 3.63. The quantitative estimate of drug-likeness (QED) is 0.688. The first-order chi connectivity index (χ1) is 15.1. The fraction of sp³-hybridized carbons (Fsp3) is 0.250. The zero-order chi connectivity index (χ0) is 21.3. The van der Waals surface area contributed by atoms with Crippen LogP contribution in [0.25, 0.3) is 10.9 Å². The summed E-state index contributed by atoms with van der Waals surface area (Å²) >= 11 is 0. The van der Waals surface area contributed by atoms with Crippen LogP contribution in [0.2, 0.25) is 0 Å². The lowest BCUT2D eigenvalue weighted by molar-refractivity contribution is -0.124. The summed E-state index contributed by atoms with van der Waals surface area (Å²) in [4.78, 5) is 36.2. The maximum atomic E-state index is 13.3. The topological polar surface area (TPSA) is 83.9 Å². The van der Waals surface area contributed by atoms with E-state index >= 15 is 0 Å². The van der Waals surface area contributed by atoms with E-state index in [1.165, 1.54) is 0 Å². The van der Waals surface area contributed by atoms with Crippen LogP contribution in [0.3, 0.4) is 0 Å². The molecule has 0 atom stereocenters. The molecule has 0 saturated heterocycles. The molecule has 5 rings (SSSR count). The highest BCUT2D eigenvalue weighted by Gasteiger charge is 2.52. The number of alkyl carbamates (subject to hydrolysis) is 1. The first kappa shape index (κ1) is 19.2. The Morgan fingerprint density at radius 3 is 2.71 bits per heavy atom. The minimum Gasteiger partial charge on any atom is -0.445 e. The van der Waals surface area contributed by atoms with Crippen molar-refractivity contribution in [3.8, 4) is 0 Å². The van der Waals surface area contributed by atoms with Crippen LogP contribution in [-0.4, -0.2) is 34.9 Å². The van der Waals surface area contributed by atoms with Crippen molar-refractivity contribution >= 4 is 34.4 Å². The molecule has 7 heteroatoms. The molecule has 0 radical (unpaired) electrons. The smallest absolute Gasteiger partial charge is 0.407 e. The molecule has 2 aliphatic rings. The van der Waals surface area contributed by atoms with Crippen LogP contribution in [-0.2, 0) is 16.1 Å². The number of nitrogens with zero attached hydrogens (tertiary/aromatic N) is 3. The number of nitrogens with one attached hydrogen (secondary N) is 1. The second-order valence-corrected chi connectivity index (χ2v) is 7.85. The van der Waals surface area contributed by atoms with Crippen LogP contribution in [0, 0.1) is 0 Å². The number of hydrogen-bond donors (Lipinski definition) is 1. The van der Waals surface area contributed by atoms with Crippen molar-refractivity contribution in [3.05, 3.63) is 72.4 Å². The van der Waals surface area contributed by atoms with Gasteiger partial charge in [0.1, 0.15) is 18.0 Å². The van der Waals surface area contributed by atoms with Gasteiger partial charge in [0.05, 0.1) is 17.7 Å².